The van der Waals surface area contributed by atoms with E-state index in [4.69, 9.17) is 9.73 Å². The zero-order chi connectivity index (χ0) is 20.5. The molecule has 1 aliphatic rings. The third-order valence-electron chi connectivity index (χ3n) is 5.27. The van der Waals surface area contributed by atoms with Crippen LogP contribution in [0.5, 0.6) is 0 Å². The number of ether oxygens (including phenoxy) is 1. The molecule has 158 valence electrons. The van der Waals surface area contributed by atoms with Crippen LogP contribution in [-0.4, -0.2) is 65.8 Å². The summed E-state index contributed by atoms with van der Waals surface area (Å²) in [6.07, 6.45) is 3.86. The van der Waals surface area contributed by atoms with Gasteiger partial charge in [0.25, 0.3) is 0 Å². The molecule has 1 saturated heterocycles. The van der Waals surface area contributed by atoms with Gasteiger partial charge in [-0.25, -0.2) is 9.98 Å². The van der Waals surface area contributed by atoms with E-state index in [1.807, 2.05) is 19.3 Å². The predicted octanol–water partition coefficient (Wildman–Crippen LogP) is 2.02. The van der Waals surface area contributed by atoms with Gasteiger partial charge in [-0.1, -0.05) is 24.3 Å². The Morgan fingerprint density at radius 2 is 2.03 bits per heavy atom. The van der Waals surface area contributed by atoms with E-state index in [-0.39, 0.29) is 0 Å². The van der Waals surface area contributed by atoms with Gasteiger partial charge in [0.15, 0.2) is 5.96 Å². The Kier molecular flexibility index (Phi) is 8.07. The van der Waals surface area contributed by atoms with Gasteiger partial charge >= 0.3 is 0 Å². The average Bonchev–Trinajstić information content (AvgIpc) is 3.15. The molecule has 1 aromatic carbocycles. The molecule has 1 atom stereocenters. The van der Waals surface area contributed by atoms with E-state index in [0.29, 0.717) is 12.6 Å². The van der Waals surface area contributed by atoms with Crippen LogP contribution >= 0.6 is 0 Å². The van der Waals surface area contributed by atoms with Gasteiger partial charge < -0.3 is 19.9 Å². The number of guanidine groups is 1. The van der Waals surface area contributed by atoms with E-state index in [9.17, 15) is 0 Å². The number of benzene rings is 1. The standard InChI is InChI=1S/C22H34N6O/c1-4-23-22(25-15-18(2)27-10-12-29-13-11-27)26-16-20-6-5-7-21(14-20)17-28-9-8-24-19(28)3/h5-9,14,18H,4,10-13,15-17H2,1-3H3,(H2,23,25,26). The first kappa shape index (κ1) is 21.3. The fourth-order valence-electron chi connectivity index (χ4n) is 3.50. The highest BCUT2D eigenvalue weighted by molar-refractivity contribution is 5.79. The number of aryl methyl sites for hydroxylation is 1. The number of imidazole rings is 1. The second-order valence-electron chi connectivity index (χ2n) is 7.50. The zero-order valence-electron chi connectivity index (χ0n) is 17.9. The van der Waals surface area contributed by atoms with E-state index in [1.54, 1.807) is 0 Å². The lowest BCUT2D eigenvalue weighted by Gasteiger charge is -2.32. The van der Waals surface area contributed by atoms with Crippen molar-refractivity contribution in [3.8, 4) is 0 Å². The molecule has 7 nitrogen and oxygen atoms in total. The summed E-state index contributed by atoms with van der Waals surface area (Å²) in [5, 5.41) is 6.84. The Hall–Kier alpha value is -2.38. The zero-order valence-corrected chi connectivity index (χ0v) is 17.9. The maximum atomic E-state index is 5.45. The Morgan fingerprint density at radius 3 is 2.76 bits per heavy atom. The van der Waals surface area contributed by atoms with E-state index < -0.39 is 0 Å². The van der Waals surface area contributed by atoms with Crippen molar-refractivity contribution in [2.24, 2.45) is 4.99 Å². The second-order valence-corrected chi connectivity index (χ2v) is 7.50. The second kappa shape index (κ2) is 11.0. The molecule has 0 saturated carbocycles. The number of hydrogen-bond acceptors (Lipinski definition) is 4. The number of aromatic nitrogens is 2. The summed E-state index contributed by atoms with van der Waals surface area (Å²) in [6.45, 7) is 13.2. The van der Waals surface area contributed by atoms with Gasteiger partial charge in [0.1, 0.15) is 5.82 Å². The summed E-state index contributed by atoms with van der Waals surface area (Å²) in [4.78, 5) is 11.5. The lowest BCUT2D eigenvalue weighted by molar-refractivity contribution is 0.0211. The summed E-state index contributed by atoms with van der Waals surface area (Å²) in [5.74, 6) is 1.89. The molecule has 1 aromatic heterocycles. The minimum Gasteiger partial charge on any atom is -0.379 e. The van der Waals surface area contributed by atoms with Crippen LogP contribution < -0.4 is 10.6 Å². The van der Waals surface area contributed by atoms with Gasteiger partial charge in [0, 0.05) is 51.2 Å². The predicted molar refractivity (Wildman–Crippen MR) is 117 cm³/mol. The van der Waals surface area contributed by atoms with Gasteiger partial charge in [-0.15, -0.1) is 0 Å². The third-order valence-corrected chi connectivity index (χ3v) is 5.27. The van der Waals surface area contributed by atoms with Crippen LogP contribution in [0.4, 0.5) is 0 Å². The molecule has 1 fully saturated rings. The SMILES string of the molecule is CCNC(=NCc1cccc(Cn2ccnc2C)c1)NCC(C)N1CCOCC1. The van der Waals surface area contributed by atoms with Crippen LogP contribution in [0.15, 0.2) is 41.7 Å². The Morgan fingerprint density at radius 1 is 1.24 bits per heavy atom. The summed E-state index contributed by atoms with van der Waals surface area (Å²) in [7, 11) is 0. The highest BCUT2D eigenvalue weighted by Crippen LogP contribution is 2.10. The van der Waals surface area contributed by atoms with Crippen molar-refractivity contribution in [1.82, 2.24) is 25.1 Å². The third kappa shape index (κ3) is 6.58. The van der Waals surface area contributed by atoms with Crippen molar-refractivity contribution in [3.05, 3.63) is 53.6 Å². The Bertz CT molecular complexity index is 781. The molecule has 0 amide bonds. The highest BCUT2D eigenvalue weighted by Gasteiger charge is 2.16. The first-order valence-corrected chi connectivity index (χ1v) is 10.5. The molecule has 1 aliphatic heterocycles. The van der Waals surface area contributed by atoms with Crippen LogP contribution in [0.25, 0.3) is 0 Å². The van der Waals surface area contributed by atoms with Crippen LogP contribution in [0.2, 0.25) is 0 Å². The van der Waals surface area contributed by atoms with Crippen molar-refractivity contribution >= 4 is 5.96 Å². The largest absolute Gasteiger partial charge is 0.379 e. The van der Waals surface area contributed by atoms with Crippen LogP contribution in [0.3, 0.4) is 0 Å². The van der Waals surface area contributed by atoms with E-state index in [2.05, 4.69) is 63.2 Å². The molecule has 0 bridgehead atoms. The Balaban J connectivity index is 1.56. The van der Waals surface area contributed by atoms with E-state index in [1.165, 1.54) is 11.1 Å². The topological polar surface area (TPSA) is 66.7 Å². The minimum absolute atomic E-state index is 0.449. The van der Waals surface area contributed by atoms with Crippen LogP contribution in [-0.2, 0) is 17.8 Å². The molecular formula is C22H34N6O. The van der Waals surface area contributed by atoms with Crippen LogP contribution in [0.1, 0.15) is 30.8 Å². The van der Waals surface area contributed by atoms with Gasteiger partial charge in [-0.3, -0.25) is 4.90 Å². The van der Waals surface area contributed by atoms with Crippen molar-refractivity contribution in [2.45, 2.75) is 39.9 Å². The molecular weight excluding hydrogens is 364 g/mol. The summed E-state index contributed by atoms with van der Waals surface area (Å²) in [6, 6.07) is 9.06. The smallest absolute Gasteiger partial charge is 0.191 e. The van der Waals surface area contributed by atoms with Crippen molar-refractivity contribution in [2.75, 3.05) is 39.4 Å². The molecule has 0 aliphatic carbocycles. The number of hydrogen-bond donors (Lipinski definition) is 2. The van der Waals surface area contributed by atoms with E-state index in [0.717, 1.165) is 57.7 Å². The van der Waals surface area contributed by atoms with Gasteiger partial charge in [-0.05, 0) is 31.9 Å². The molecule has 1 unspecified atom stereocenters. The fourth-order valence-corrected chi connectivity index (χ4v) is 3.50. The number of aliphatic imine (C=N–C) groups is 1. The normalized spacial score (nSPS) is 16.6. The Labute approximate surface area is 174 Å². The fraction of sp³-hybridized carbons (Fsp3) is 0.545. The summed E-state index contributed by atoms with van der Waals surface area (Å²) >= 11 is 0. The monoisotopic (exact) mass is 398 g/mol. The van der Waals surface area contributed by atoms with Crippen molar-refractivity contribution < 1.29 is 4.74 Å². The maximum absolute atomic E-state index is 5.45. The van der Waals surface area contributed by atoms with Gasteiger partial charge in [-0.2, -0.15) is 0 Å². The molecule has 2 heterocycles. The average molecular weight is 399 g/mol. The number of morpholine rings is 1. The quantitative estimate of drug-likeness (QED) is 0.526. The van der Waals surface area contributed by atoms with Crippen LogP contribution in [0, 0.1) is 6.92 Å². The highest BCUT2D eigenvalue weighted by atomic mass is 16.5. The number of nitrogens with one attached hydrogen (secondary N) is 2. The first-order chi connectivity index (χ1) is 14.2. The molecule has 2 N–H and O–H groups in total. The lowest BCUT2D eigenvalue weighted by Crippen LogP contribution is -2.49. The number of nitrogens with zero attached hydrogens (tertiary/aromatic N) is 4. The number of rotatable bonds is 8. The molecule has 3 rings (SSSR count). The van der Waals surface area contributed by atoms with E-state index >= 15 is 0 Å². The summed E-state index contributed by atoms with van der Waals surface area (Å²) < 4.78 is 7.60. The van der Waals surface area contributed by atoms with Crippen molar-refractivity contribution in [1.29, 1.82) is 0 Å². The van der Waals surface area contributed by atoms with Crippen molar-refractivity contribution in [3.63, 3.8) is 0 Å². The minimum atomic E-state index is 0.449. The lowest BCUT2D eigenvalue weighted by atomic mass is 10.1. The summed E-state index contributed by atoms with van der Waals surface area (Å²) in [5.41, 5.74) is 2.47. The molecule has 29 heavy (non-hydrogen) atoms. The maximum Gasteiger partial charge on any atom is 0.191 e. The molecule has 0 radical (unpaired) electrons. The first-order valence-electron chi connectivity index (χ1n) is 10.5. The van der Waals surface area contributed by atoms with Gasteiger partial charge in [0.05, 0.1) is 19.8 Å². The van der Waals surface area contributed by atoms with Gasteiger partial charge in [0.2, 0.25) is 0 Å². The molecule has 2 aromatic rings. The molecule has 0 spiro atoms. The molecule has 7 heteroatoms.